The van der Waals surface area contributed by atoms with Gasteiger partial charge in [0.25, 0.3) is 0 Å². The van der Waals surface area contributed by atoms with Gasteiger partial charge in [-0.2, -0.15) is 13.2 Å². The van der Waals surface area contributed by atoms with Crippen molar-refractivity contribution in [3.05, 3.63) is 28.8 Å². The predicted molar refractivity (Wildman–Crippen MR) is 92.7 cm³/mol. The monoisotopic (exact) mass is 414 g/mol. The molecule has 1 heterocycles. The Kier molecular flexibility index (Phi) is 6.95. The molecule has 0 bridgehead atoms. The van der Waals surface area contributed by atoms with E-state index in [-0.39, 0.29) is 17.7 Å². The number of nitrogens with zero attached hydrogens (tertiary/aromatic N) is 1. The van der Waals surface area contributed by atoms with Gasteiger partial charge in [-0.15, -0.1) is 0 Å². The number of morpholine rings is 1. The maximum absolute atomic E-state index is 12.8. The van der Waals surface area contributed by atoms with Gasteiger partial charge in [0.1, 0.15) is 4.90 Å². The minimum absolute atomic E-state index is 0.0382. The SMILES string of the molecule is CC(C)CN1CCOC(CNS(=O)(=O)c2cc(C(F)(F)F)ccc2Cl)C1. The van der Waals surface area contributed by atoms with Gasteiger partial charge in [-0.05, 0) is 24.1 Å². The average molecular weight is 415 g/mol. The number of alkyl halides is 3. The molecule has 1 saturated heterocycles. The summed E-state index contributed by atoms with van der Waals surface area (Å²) in [4.78, 5) is 1.58. The first-order valence-corrected chi connectivity index (χ1v) is 10.1. The Hall–Kier alpha value is -0.870. The first-order valence-electron chi connectivity index (χ1n) is 8.19. The van der Waals surface area contributed by atoms with Crippen LogP contribution in [0.3, 0.4) is 0 Å². The van der Waals surface area contributed by atoms with Crippen molar-refractivity contribution in [1.29, 1.82) is 0 Å². The molecule has 148 valence electrons. The Morgan fingerprint density at radius 2 is 2.08 bits per heavy atom. The van der Waals surface area contributed by atoms with Crippen molar-refractivity contribution in [1.82, 2.24) is 9.62 Å². The second-order valence-corrected chi connectivity index (χ2v) is 8.78. The van der Waals surface area contributed by atoms with Crippen LogP contribution in [0.25, 0.3) is 0 Å². The number of ether oxygens (including phenoxy) is 1. The van der Waals surface area contributed by atoms with Crippen molar-refractivity contribution in [3.8, 4) is 0 Å². The van der Waals surface area contributed by atoms with Gasteiger partial charge in [0.15, 0.2) is 0 Å². The summed E-state index contributed by atoms with van der Waals surface area (Å²) in [6, 6.07) is 2.22. The lowest BCUT2D eigenvalue weighted by molar-refractivity contribution is -0.137. The molecule has 10 heteroatoms. The number of halogens is 4. The lowest BCUT2D eigenvalue weighted by Gasteiger charge is -2.33. The van der Waals surface area contributed by atoms with Crippen LogP contribution in [-0.2, 0) is 20.9 Å². The second-order valence-electron chi connectivity index (χ2n) is 6.64. The fourth-order valence-corrected chi connectivity index (χ4v) is 4.34. The summed E-state index contributed by atoms with van der Waals surface area (Å²) in [6.07, 6.45) is -5.03. The topological polar surface area (TPSA) is 58.6 Å². The summed E-state index contributed by atoms with van der Waals surface area (Å²) in [6.45, 7) is 6.79. The van der Waals surface area contributed by atoms with Crippen LogP contribution in [-0.4, -0.2) is 52.2 Å². The number of benzene rings is 1. The second kappa shape index (κ2) is 8.43. The van der Waals surface area contributed by atoms with Gasteiger partial charge < -0.3 is 4.74 Å². The molecule has 1 N–H and O–H groups in total. The summed E-state index contributed by atoms with van der Waals surface area (Å²) < 4.78 is 71.1. The van der Waals surface area contributed by atoms with Crippen LogP contribution in [0.4, 0.5) is 13.2 Å². The van der Waals surface area contributed by atoms with Gasteiger partial charge in [0.05, 0.1) is 23.3 Å². The highest BCUT2D eigenvalue weighted by Gasteiger charge is 2.33. The highest BCUT2D eigenvalue weighted by atomic mass is 35.5. The normalized spacial score (nSPS) is 19.9. The number of sulfonamides is 1. The van der Waals surface area contributed by atoms with E-state index in [0.29, 0.717) is 25.1 Å². The molecular weight excluding hydrogens is 393 g/mol. The molecule has 0 amide bonds. The lowest BCUT2D eigenvalue weighted by Crippen LogP contribution is -2.48. The van der Waals surface area contributed by atoms with Crippen LogP contribution in [0, 0.1) is 5.92 Å². The molecule has 1 unspecified atom stereocenters. The van der Waals surface area contributed by atoms with Gasteiger partial charge in [-0.3, -0.25) is 4.90 Å². The number of hydrogen-bond donors (Lipinski definition) is 1. The summed E-state index contributed by atoms with van der Waals surface area (Å²) in [5.41, 5.74) is -1.07. The molecule has 1 aliphatic heterocycles. The first-order chi connectivity index (χ1) is 12.0. The maximum Gasteiger partial charge on any atom is 0.416 e. The molecule has 1 fully saturated rings. The Bertz CT molecular complexity index is 726. The van der Waals surface area contributed by atoms with Crippen molar-refractivity contribution in [2.24, 2.45) is 5.92 Å². The van der Waals surface area contributed by atoms with Crippen LogP contribution >= 0.6 is 11.6 Å². The molecular formula is C16H22ClF3N2O3S. The third-order valence-corrected chi connectivity index (χ3v) is 5.80. The quantitative estimate of drug-likeness (QED) is 0.777. The Morgan fingerprint density at radius 1 is 1.38 bits per heavy atom. The molecule has 26 heavy (non-hydrogen) atoms. The van der Waals surface area contributed by atoms with E-state index >= 15 is 0 Å². The van der Waals surface area contributed by atoms with E-state index in [4.69, 9.17) is 16.3 Å². The van der Waals surface area contributed by atoms with Crippen molar-refractivity contribution >= 4 is 21.6 Å². The molecule has 0 spiro atoms. The minimum atomic E-state index is -4.65. The van der Waals surface area contributed by atoms with Crippen LogP contribution < -0.4 is 4.72 Å². The van der Waals surface area contributed by atoms with Crippen LogP contribution in [0.15, 0.2) is 23.1 Å². The van der Waals surface area contributed by atoms with Gasteiger partial charge in [0, 0.05) is 26.2 Å². The van der Waals surface area contributed by atoms with Gasteiger partial charge >= 0.3 is 6.18 Å². The average Bonchev–Trinajstić information content (AvgIpc) is 2.52. The number of nitrogens with one attached hydrogen (secondary N) is 1. The van der Waals surface area contributed by atoms with E-state index in [1.165, 1.54) is 0 Å². The summed E-state index contributed by atoms with van der Waals surface area (Å²) in [5, 5.41) is -0.267. The molecule has 2 rings (SSSR count). The minimum Gasteiger partial charge on any atom is -0.374 e. The molecule has 0 saturated carbocycles. The first kappa shape index (κ1) is 21.4. The molecule has 1 aliphatic rings. The third-order valence-electron chi connectivity index (χ3n) is 3.90. The highest BCUT2D eigenvalue weighted by Crippen LogP contribution is 2.33. The molecule has 0 radical (unpaired) electrons. The van der Waals surface area contributed by atoms with Crippen molar-refractivity contribution in [2.75, 3.05) is 32.8 Å². The number of hydrogen-bond acceptors (Lipinski definition) is 4. The lowest BCUT2D eigenvalue weighted by atomic mass is 10.2. The summed E-state index contributed by atoms with van der Waals surface area (Å²) in [5.74, 6) is 0.467. The molecule has 1 atom stereocenters. The van der Waals surface area contributed by atoms with E-state index in [1.807, 2.05) is 0 Å². The van der Waals surface area contributed by atoms with Crippen molar-refractivity contribution in [2.45, 2.75) is 31.0 Å². The predicted octanol–water partition coefficient (Wildman–Crippen LogP) is 2.99. The summed E-state index contributed by atoms with van der Waals surface area (Å²) in [7, 11) is -4.19. The van der Waals surface area contributed by atoms with Gasteiger partial charge in [0.2, 0.25) is 10.0 Å². The Labute approximate surface area is 156 Å². The van der Waals surface area contributed by atoms with E-state index in [9.17, 15) is 21.6 Å². The molecule has 5 nitrogen and oxygen atoms in total. The zero-order valence-corrected chi connectivity index (χ0v) is 16.1. The maximum atomic E-state index is 12.8. The zero-order valence-electron chi connectivity index (χ0n) is 14.5. The molecule has 0 aliphatic carbocycles. The third kappa shape index (κ3) is 5.82. The Balaban J connectivity index is 2.07. The van der Waals surface area contributed by atoms with E-state index in [2.05, 4.69) is 23.5 Å². The largest absolute Gasteiger partial charge is 0.416 e. The van der Waals surface area contributed by atoms with Crippen molar-refractivity contribution < 1.29 is 26.3 Å². The van der Waals surface area contributed by atoms with Crippen LogP contribution in [0.2, 0.25) is 5.02 Å². The standard InChI is InChI=1S/C16H22ClF3N2O3S/c1-11(2)9-22-5-6-25-13(10-22)8-21-26(23,24)15-7-12(16(18,19)20)3-4-14(15)17/h3-4,7,11,13,21H,5-6,8-10H2,1-2H3. The molecule has 0 aromatic heterocycles. The van der Waals surface area contributed by atoms with Crippen LogP contribution in [0.1, 0.15) is 19.4 Å². The highest BCUT2D eigenvalue weighted by molar-refractivity contribution is 7.89. The van der Waals surface area contributed by atoms with Gasteiger partial charge in [-0.25, -0.2) is 13.1 Å². The number of rotatable bonds is 6. The molecule has 1 aromatic rings. The van der Waals surface area contributed by atoms with E-state index in [1.54, 1.807) is 0 Å². The fourth-order valence-electron chi connectivity index (χ4n) is 2.75. The summed E-state index contributed by atoms with van der Waals surface area (Å²) >= 11 is 5.81. The smallest absolute Gasteiger partial charge is 0.374 e. The Morgan fingerprint density at radius 3 is 2.69 bits per heavy atom. The van der Waals surface area contributed by atoms with E-state index < -0.39 is 26.7 Å². The van der Waals surface area contributed by atoms with Gasteiger partial charge in [-0.1, -0.05) is 25.4 Å². The fraction of sp³-hybridized carbons (Fsp3) is 0.625. The van der Waals surface area contributed by atoms with Crippen molar-refractivity contribution in [3.63, 3.8) is 0 Å². The molecule has 1 aromatic carbocycles. The van der Waals surface area contributed by atoms with Crippen LogP contribution in [0.5, 0.6) is 0 Å². The van der Waals surface area contributed by atoms with E-state index in [0.717, 1.165) is 25.2 Å². The zero-order chi connectivity index (χ0) is 19.5.